The maximum atomic E-state index is 10.8. The summed E-state index contributed by atoms with van der Waals surface area (Å²) in [5.74, 6) is 0.426. The Bertz CT molecular complexity index is 1190. The molecule has 7 nitrogen and oxygen atoms in total. The lowest BCUT2D eigenvalue weighted by Gasteiger charge is -2.21. The van der Waals surface area contributed by atoms with Crippen molar-refractivity contribution < 1.29 is 34.6 Å². The largest absolute Gasteiger partial charge is 0.508 e. The molecular weight excluding hydrogens is 412 g/mol. The standard InChI is InChI=1S/C25H24O7/c1-30-20-7-12(3-5-17(20)27)22-16-11-32-25(13-4-6-18(28)21(8-13)31-2)23(16)15-9-14(26)10-19(29)24(15)22/h3-10,16,22-23,25-29H,11H2,1-2H3/t16-,22+,23+,25+/m0/s1. The van der Waals surface area contributed by atoms with E-state index in [1.807, 2.05) is 6.07 Å². The number of hydrogen-bond donors (Lipinski definition) is 4. The molecule has 1 heterocycles. The highest BCUT2D eigenvalue weighted by molar-refractivity contribution is 5.59. The quantitative estimate of drug-likeness (QED) is 0.487. The van der Waals surface area contributed by atoms with Crippen LogP contribution in [-0.2, 0) is 4.74 Å². The Hall–Kier alpha value is -3.58. The van der Waals surface area contributed by atoms with E-state index in [1.165, 1.54) is 20.3 Å². The van der Waals surface area contributed by atoms with Crippen LogP contribution in [0.1, 0.15) is 40.2 Å². The smallest absolute Gasteiger partial charge is 0.160 e. The first-order valence-corrected chi connectivity index (χ1v) is 10.3. The van der Waals surface area contributed by atoms with E-state index in [9.17, 15) is 20.4 Å². The van der Waals surface area contributed by atoms with Crippen molar-refractivity contribution in [1.82, 2.24) is 0 Å². The van der Waals surface area contributed by atoms with E-state index in [2.05, 4.69) is 0 Å². The lowest BCUT2D eigenvalue weighted by Crippen LogP contribution is -2.13. The van der Waals surface area contributed by atoms with Crippen LogP contribution >= 0.6 is 0 Å². The molecule has 0 unspecified atom stereocenters. The molecule has 5 rings (SSSR count). The second-order valence-electron chi connectivity index (χ2n) is 8.25. The van der Waals surface area contributed by atoms with Gasteiger partial charge in [-0.25, -0.2) is 0 Å². The van der Waals surface area contributed by atoms with E-state index in [0.29, 0.717) is 18.1 Å². The number of hydrogen-bond acceptors (Lipinski definition) is 7. The fraction of sp³-hybridized carbons (Fsp3) is 0.280. The third kappa shape index (κ3) is 3.00. The lowest BCUT2D eigenvalue weighted by atomic mass is 9.81. The Morgan fingerprint density at radius 3 is 2.06 bits per heavy atom. The molecule has 0 radical (unpaired) electrons. The average Bonchev–Trinajstić information content (AvgIpc) is 3.33. The fourth-order valence-electron chi connectivity index (χ4n) is 5.29. The summed E-state index contributed by atoms with van der Waals surface area (Å²) < 4.78 is 16.8. The second-order valence-corrected chi connectivity index (χ2v) is 8.25. The van der Waals surface area contributed by atoms with Crippen LogP contribution in [0.2, 0.25) is 0 Å². The highest BCUT2D eigenvalue weighted by Gasteiger charge is 2.51. The summed E-state index contributed by atoms with van der Waals surface area (Å²) in [7, 11) is 2.99. The molecule has 0 aromatic heterocycles. The maximum absolute atomic E-state index is 10.8. The van der Waals surface area contributed by atoms with Crippen molar-refractivity contribution in [2.45, 2.75) is 17.9 Å². The molecule has 32 heavy (non-hydrogen) atoms. The average molecular weight is 436 g/mol. The van der Waals surface area contributed by atoms with E-state index in [1.54, 1.807) is 36.4 Å². The molecule has 4 N–H and O–H groups in total. The molecule has 1 aliphatic heterocycles. The number of phenolic OH excluding ortho intramolecular Hbond substituents is 4. The predicted molar refractivity (Wildman–Crippen MR) is 116 cm³/mol. The predicted octanol–water partition coefficient (Wildman–Crippen LogP) is 4.14. The highest BCUT2D eigenvalue weighted by Crippen LogP contribution is 2.62. The normalized spacial score (nSPS) is 23.6. The third-order valence-electron chi connectivity index (χ3n) is 6.62. The van der Waals surface area contributed by atoms with Gasteiger partial charge in [-0.2, -0.15) is 0 Å². The lowest BCUT2D eigenvalue weighted by molar-refractivity contribution is 0.0988. The number of benzene rings is 3. The molecule has 3 aromatic rings. The summed E-state index contributed by atoms with van der Waals surface area (Å²) in [6.45, 7) is 0.432. The van der Waals surface area contributed by atoms with E-state index in [-0.39, 0.29) is 46.9 Å². The number of rotatable bonds is 4. The Balaban J connectivity index is 1.65. The molecule has 1 saturated heterocycles. The molecular formula is C25H24O7. The van der Waals surface area contributed by atoms with Gasteiger partial charge in [-0.3, -0.25) is 0 Å². The summed E-state index contributed by atoms with van der Waals surface area (Å²) in [6, 6.07) is 13.3. The van der Waals surface area contributed by atoms with Gasteiger partial charge in [0.1, 0.15) is 11.5 Å². The van der Waals surface area contributed by atoms with Crippen LogP contribution in [0.5, 0.6) is 34.5 Å². The van der Waals surface area contributed by atoms with Gasteiger partial charge in [-0.1, -0.05) is 12.1 Å². The van der Waals surface area contributed by atoms with Gasteiger partial charge in [0, 0.05) is 29.4 Å². The van der Waals surface area contributed by atoms with Gasteiger partial charge in [-0.15, -0.1) is 0 Å². The van der Waals surface area contributed by atoms with Crippen molar-refractivity contribution in [2.24, 2.45) is 5.92 Å². The van der Waals surface area contributed by atoms with Crippen molar-refractivity contribution >= 4 is 0 Å². The topological polar surface area (TPSA) is 109 Å². The van der Waals surface area contributed by atoms with Crippen LogP contribution in [0, 0.1) is 5.92 Å². The zero-order chi connectivity index (χ0) is 22.6. The van der Waals surface area contributed by atoms with Gasteiger partial charge in [0.2, 0.25) is 0 Å². The first kappa shape index (κ1) is 20.3. The molecule has 3 aromatic carbocycles. The Morgan fingerprint density at radius 2 is 1.41 bits per heavy atom. The second kappa shape index (κ2) is 7.53. The van der Waals surface area contributed by atoms with Crippen molar-refractivity contribution in [1.29, 1.82) is 0 Å². The van der Waals surface area contributed by atoms with Gasteiger partial charge in [0.05, 0.1) is 26.9 Å². The summed E-state index contributed by atoms with van der Waals surface area (Å²) in [5.41, 5.74) is 3.27. The number of aromatic hydroxyl groups is 4. The van der Waals surface area contributed by atoms with E-state index < -0.39 is 0 Å². The number of ether oxygens (including phenoxy) is 3. The Labute approximate surface area is 185 Å². The molecule has 1 aliphatic carbocycles. The van der Waals surface area contributed by atoms with Gasteiger partial charge in [0.15, 0.2) is 23.0 Å². The summed E-state index contributed by atoms with van der Waals surface area (Å²) >= 11 is 0. The fourth-order valence-corrected chi connectivity index (χ4v) is 5.29. The first-order chi connectivity index (χ1) is 15.4. The summed E-state index contributed by atoms with van der Waals surface area (Å²) in [6.07, 6.45) is -0.349. The molecule has 1 fully saturated rings. The van der Waals surface area contributed by atoms with E-state index in [4.69, 9.17) is 14.2 Å². The Kier molecular flexibility index (Phi) is 4.78. The minimum atomic E-state index is -0.349. The monoisotopic (exact) mass is 436 g/mol. The Morgan fingerprint density at radius 1 is 0.781 bits per heavy atom. The van der Waals surface area contributed by atoms with Crippen LogP contribution in [0.15, 0.2) is 48.5 Å². The molecule has 0 amide bonds. The van der Waals surface area contributed by atoms with Gasteiger partial charge < -0.3 is 34.6 Å². The molecule has 2 aliphatic rings. The van der Waals surface area contributed by atoms with Crippen molar-refractivity contribution in [3.05, 3.63) is 70.8 Å². The molecule has 0 bridgehead atoms. The van der Waals surface area contributed by atoms with Gasteiger partial charge in [0.25, 0.3) is 0 Å². The zero-order valence-electron chi connectivity index (χ0n) is 17.6. The SMILES string of the molecule is COc1cc([C@H]2c3c(O)cc(O)cc3[C@@H]3[C@H]2CO[C@@H]3c2ccc(O)c(OC)c2)ccc1O. The highest BCUT2D eigenvalue weighted by atomic mass is 16.5. The van der Waals surface area contributed by atoms with E-state index in [0.717, 1.165) is 22.3 Å². The number of fused-ring (bicyclic) bond motifs is 3. The van der Waals surface area contributed by atoms with Gasteiger partial charge >= 0.3 is 0 Å². The van der Waals surface area contributed by atoms with Crippen LogP contribution in [0.3, 0.4) is 0 Å². The van der Waals surface area contributed by atoms with Crippen LogP contribution in [-0.4, -0.2) is 41.3 Å². The van der Waals surface area contributed by atoms with Crippen molar-refractivity contribution in [3.8, 4) is 34.5 Å². The molecule has 0 saturated carbocycles. The zero-order valence-corrected chi connectivity index (χ0v) is 17.6. The third-order valence-corrected chi connectivity index (χ3v) is 6.62. The minimum absolute atomic E-state index is 0.0159. The molecule has 7 heteroatoms. The van der Waals surface area contributed by atoms with Crippen LogP contribution in [0.25, 0.3) is 0 Å². The molecule has 4 atom stereocenters. The van der Waals surface area contributed by atoms with Crippen molar-refractivity contribution in [2.75, 3.05) is 20.8 Å². The van der Waals surface area contributed by atoms with E-state index >= 15 is 0 Å². The summed E-state index contributed by atoms with van der Waals surface area (Å²) in [5, 5.41) is 41.1. The number of phenols is 4. The van der Waals surface area contributed by atoms with Crippen LogP contribution < -0.4 is 9.47 Å². The summed E-state index contributed by atoms with van der Waals surface area (Å²) in [4.78, 5) is 0. The van der Waals surface area contributed by atoms with Crippen LogP contribution in [0.4, 0.5) is 0 Å². The van der Waals surface area contributed by atoms with Gasteiger partial charge in [-0.05, 0) is 47.0 Å². The molecule has 0 spiro atoms. The number of methoxy groups -OCH3 is 2. The minimum Gasteiger partial charge on any atom is -0.508 e. The maximum Gasteiger partial charge on any atom is 0.160 e. The van der Waals surface area contributed by atoms with Crippen molar-refractivity contribution in [3.63, 3.8) is 0 Å². The first-order valence-electron chi connectivity index (χ1n) is 10.3. The molecule has 166 valence electrons.